The molecule has 0 aliphatic rings. The molecule has 5 nitrogen and oxygen atoms in total. The van der Waals surface area contributed by atoms with Crippen LogP contribution in [0.1, 0.15) is 11.3 Å². The first-order valence-corrected chi connectivity index (χ1v) is 10.4. The first-order valence-electron chi connectivity index (χ1n) is 8.96. The van der Waals surface area contributed by atoms with Crippen LogP contribution in [-0.2, 0) is 10.0 Å². The lowest BCUT2D eigenvalue weighted by Crippen LogP contribution is -2.13. The Hall–Kier alpha value is -3.32. The molecule has 0 spiro atoms. The summed E-state index contributed by atoms with van der Waals surface area (Å²) in [5.41, 5.74) is 3.69. The normalized spacial score (nSPS) is 11.7. The van der Waals surface area contributed by atoms with Gasteiger partial charge in [-0.2, -0.15) is 0 Å². The molecule has 0 radical (unpaired) electrons. The van der Waals surface area contributed by atoms with E-state index in [1.165, 1.54) is 24.3 Å². The van der Waals surface area contributed by atoms with Gasteiger partial charge in [0.2, 0.25) is 0 Å². The average molecular weight is 410 g/mol. The summed E-state index contributed by atoms with van der Waals surface area (Å²) in [7, 11) is -3.90. The second kappa shape index (κ2) is 6.93. The summed E-state index contributed by atoms with van der Waals surface area (Å²) in [5.74, 6) is -0.486. The molecule has 1 heterocycles. The summed E-state index contributed by atoms with van der Waals surface area (Å²) in [6, 6.07) is 16.9. The number of fused-ring (bicyclic) bond motifs is 1. The van der Waals surface area contributed by atoms with E-state index in [-0.39, 0.29) is 16.3 Å². The molecule has 4 aromatic rings. The van der Waals surface area contributed by atoms with Crippen LogP contribution in [0, 0.1) is 19.7 Å². The van der Waals surface area contributed by atoms with Crippen LogP contribution in [0.3, 0.4) is 0 Å². The Balaban J connectivity index is 1.80. The Bertz CT molecular complexity index is 1330. The summed E-state index contributed by atoms with van der Waals surface area (Å²) >= 11 is 0. The molecule has 3 aromatic carbocycles. The van der Waals surface area contributed by atoms with Gasteiger partial charge in [0.25, 0.3) is 10.0 Å². The minimum absolute atomic E-state index is 0.0265. The minimum atomic E-state index is -3.90. The van der Waals surface area contributed by atoms with E-state index in [9.17, 15) is 17.9 Å². The van der Waals surface area contributed by atoms with Crippen molar-refractivity contribution in [1.29, 1.82) is 0 Å². The van der Waals surface area contributed by atoms with Crippen molar-refractivity contribution in [2.45, 2.75) is 18.7 Å². The maximum absolute atomic E-state index is 13.1. The Morgan fingerprint density at radius 3 is 2.38 bits per heavy atom. The topological polar surface area (TPSA) is 71.3 Å². The first kappa shape index (κ1) is 19.0. The van der Waals surface area contributed by atoms with Crippen molar-refractivity contribution in [3.8, 4) is 11.4 Å². The maximum Gasteiger partial charge on any atom is 0.261 e. The van der Waals surface area contributed by atoms with E-state index >= 15 is 0 Å². The summed E-state index contributed by atoms with van der Waals surface area (Å²) in [5, 5.41) is 11.5. The molecule has 0 aliphatic carbocycles. The minimum Gasteiger partial charge on any atom is -0.506 e. The largest absolute Gasteiger partial charge is 0.506 e. The third kappa shape index (κ3) is 3.34. The second-order valence-electron chi connectivity index (χ2n) is 6.83. The van der Waals surface area contributed by atoms with Crippen LogP contribution in [0.4, 0.5) is 10.1 Å². The lowest BCUT2D eigenvalue weighted by atomic mass is 10.2. The molecular weight excluding hydrogens is 391 g/mol. The molecule has 0 saturated heterocycles. The molecule has 0 saturated carbocycles. The van der Waals surface area contributed by atoms with E-state index in [2.05, 4.69) is 4.72 Å². The number of aryl methyl sites for hydroxylation is 1. The van der Waals surface area contributed by atoms with E-state index in [0.29, 0.717) is 5.69 Å². The molecule has 0 aliphatic heterocycles. The van der Waals surface area contributed by atoms with Crippen LogP contribution >= 0.6 is 0 Å². The SMILES string of the molecule is Cc1c(C)n(-c2cc(NS(=O)(=O)c3ccc(F)cc3)ccc2O)c2ccccc12. The first-order chi connectivity index (χ1) is 13.8. The monoisotopic (exact) mass is 410 g/mol. The van der Waals surface area contributed by atoms with Gasteiger partial charge >= 0.3 is 0 Å². The van der Waals surface area contributed by atoms with E-state index in [0.717, 1.165) is 34.3 Å². The smallest absolute Gasteiger partial charge is 0.261 e. The predicted molar refractivity (Wildman–Crippen MR) is 112 cm³/mol. The number of anilines is 1. The molecule has 29 heavy (non-hydrogen) atoms. The maximum atomic E-state index is 13.1. The van der Waals surface area contributed by atoms with Crippen molar-refractivity contribution in [1.82, 2.24) is 4.57 Å². The highest BCUT2D eigenvalue weighted by Gasteiger charge is 2.18. The third-order valence-electron chi connectivity index (χ3n) is 5.02. The second-order valence-corrected chi connectivity index (χ2v) is 8.51. The fraction of sp³-hybridized carbons (Fsp3) is 0.0909. The van der Waals surface area contributed by atoms with Gasteiger partial charge in [-0.3, -0.25) is 4.72 Å². The van der Waals surface area contributed by atoms with Gasteiger partial charge in [-0.25, -0.2) is 12.8 Å². The summed E-state index contributed by atoms with van der Waals surface area (Å²) in [6.45, 7) is 3.95. The highest BCUT2D eigenvalue weighted by Crippen LogP contribution is 2.34. The summed E-state index contributed by atoms with van der Waals surface area (Å²) in [6.07, 6.45) is 0. The average Bonchev–Trinajstić information content (AvgIpc) is 2.94. The van der Waals surface area contributed by atoms with Crippen molar-refractivity contribution >= 4 is 26.6 Å². The molecule has 2 N–H and O–H groups in total. The lowest BCUT2D eigenvalue weighted by molar-refractivity contribution is 0.472. The van der Waals surface area contributed by atoms with Gasteiger partial charge in [0.1, 0.15) is 11.6 Å². The summed E-state index contributed by atoms with van der Waals surface area (Å²) < 4.78 is 42.8. The van der Waals surface area contributed by atoms with Crippen LogP contribution in [0.2, 0.25) is 0 Å². The lowest BCUT2D eigenvalue weighted by Gasteiger charge is -2.14. The van der Waals surface area contributed by atoms with E-state index in [4.69, 9.17) is 0 Å². The standard InChI is InChI=1S/C22H19FN2O3S/c1-14-15(2)25(20-6-4-3-5-19(14)20)21-13-17(9-12-22(21)26)24-29(27,28)18-10-7-16(23)8-11-18/h3-13,24,26H,1-2H3. The zero-order chi connectivity index (χ0) is 20.8. The summed E-state index contributed by atoms with van der Waals surface area (Å²) in [4.78, 5) is -0.0491. The van der Waals surface area contributed by atoms with E-state index in [1.807, 2.05) is 42.7 Å². The number of phenols is 1. The Kier molecular flexibility index (Phi) is 4.55. The zero-order valence-electron chi connectivity index (χ0n) is 15.8. The van der Waals surface area contributed by atoms with Crippen LogP contribution < -0.4 is 4.72 Å². The van der Waals surface area contributed by atoms with Crippen LogP contribution in [-0.4, -0.2) is 18.1 Å². The van der Waals surface area contributed by atoms with Gasteiger partial charge in [-0.05, 0) is 67.9 Å². The van der Waals surface area contributed by atoms with Crippen molar-refractivity contribution in [2.24, 2.45) is 0 Å². The fourth-order valence-corrected chi connectivity index (χ4v) is 4.48. The van der Waals surface area contributed by atoms with Crippen molar-refractivity contribution in [3.63, 3.8) is 0 Å². The number of para-hydroxylation sites is 1. The van der Waals surface area contributed by atoms with Crippen LogP contribution in [0.15, 0.2) is 71.6 Å². The Labute approximate surface area is 168 Å². The van der Waals surface area contributed by atoms with Gasteiger partial charge in [0, 0.05) is 11.1 Å². The highest BCUT2D eigenvalue weighted by atomic mass is 32.2. The van der Waals surface area contributed by atoms with Crippen molar-refractivity contribution < 1.29 is 17.9 Å². The van der Waals surface area contributed by atoms with E-state index in [1.54, 1.807) is 6.07 Å². The van der Waals surface area contributed by atoms with Crippen molar-refractivity contribution in [2.75, 3.05) is 4.72 Å². The molecular formula is C22H19FN2O3S. The highest BCUT2D eigenvalue weighted by molar-refractivity contribution is 7.92. The molecule has 0 bridgehead atoms. The molecule has 1 aromatic heterocycles. The third-order valence-corrected chi connectivity index (χ3v) is 6.42. The van der Waals surface area contributed by atoms with E-state index < -0.39 is 15.8 Å². The molecule has 4 rings (SSSR count). The zero-order valence-corrected chi connectivity index (χ0v) is 16.7. The number of rotatable bonds is 4. The number of hydrogen-bond donors (Lipinski definition) is 2. The van der Waals surface area contributed by atoms with Crippen LogP contribution in [0.5, 0.6) is 5.75 Å². The molecule has 7 heteroatoms. The Morgan fingerprint density at radius 1 is 0.966 bits per heavy atom. The predicted octanol–water partition coefficient (Wildman–Crippen LogP) is 4.89. The number of sulfonamides is 1. The van der Waals surface area contributed by atoms with Gasteiger partial charge in [-0.1, -0.05) is 18.2 Å². The fourth-order valence-electron chi connectivity index (χ4n) is 3.43. The number of nitrogens with one attached hydrogen (secondary N) is 1. The molecule has 0 amide bonds. The number of aromatic hydroxyl groups is 1. The number of aromatic nitrogens is 1. The molecule has 0 atom stereocenters. The van der Waals surface area contributed by atoms with Gasteiger partial charge in [-0.15, -0.1) is 0 Å². The Morgan fingerprint density at radius 2 is 1.66 bits per heavy atom. The van der Waals surface area contributed by atoms with Gasteiger partial charge in [0.15, 0.2) is 0 Å². The number of hydrogen-bond acceptors (Lipinski definition) is 3. The number of halogens is 1. The number of benzene rings is 3. The molecule has 0 fully saturated rings. The number of nitrogens with zero attached hydrogens (tertiary/aromatic N) is 1. The van der Waals surface area contributed by atoms with Gasteiger partial charge < -0.3 is 9.67 Å². The van der Waals surface area contributed by atoms with Crippen molar-refractivity contribution in [3.05, 3.63) is 83.8 Å². The van der Waals surface area contributed by atoms with Crippen LogP contribution in [0.25, 0.3) is 16.6 Å². The number of phenolic OH excluding ortho intramolecular Hbond substituents is 1. The quantitative estimate of drug-likeness (QED) is 0.471. The molecule has 0 unspecified atom stereocenters. The van der Waals surface area contributed by atoms with Gasteiger partial charge in [0.05, 0.1) is 21.8 Å². The molecule has 148 valence electrons.